The molecule has 5 atom stereocenters. The largest absolute Gasteiger partial charge is 0.440 e. The molecular weight excluding hydrogens is 1180 g/mol. The highest BCUT2D eigenvalue weighted by atomic mass is 16.6. The van der Waals surface area contributed by atoms with Gasteiger partial charge in [0.1, 0.15) is 30.5 Å². The number of carbonyl (C=O) groups is 3. The lowest BCUT2D eigenvalue weighted by Crippen LogP contribution is -2.54. The van der Waals surface area contributed by atoms with Gasteiger partial charge in [-0.15, -0.1) is 23.0 Å². The van der Waals surface area contributed by atoms with Gasteiger partial charge in [0.05, 0.1) is 37.0 Å². The Morgan fingerprint density at radius 3 is 1.17 bits per heavy atom. The molecule has 1 saturated heterocycles. The first-order chi connectivity index (χ1) is 45.5. The van der Waals surface area contributed by atoms with E-state index < -0.39 is 59.4 Å². The minimum Gasteiger partial charge on any atom is -0.440 e. The number of Topliss-reactive ketones (excluding diaryl/α,β-unsaturated/α-hetero) is 1. The molecule has 0 spiro atoms. The Morgan fingerprint density at radius 1 is 0.521 bits per heavy atom. The summed E-state index contributed by atoms with van der Waals surface area (Å²) >= 11 is 0. The summed E-state index contributed by atoms with van der Waals surface area (Å²) in [5.41, 5.74) is 2.69. The summed E-state index contributed by atoms with van der Waals surface area (Å²) in [6.45, 7) is 5.80. The Kier molecular flexibility index (Phi) is 26.8. The molecule has 3 heterocycles. The van der Waals surface area contributed by atoms with E-state index in [1.54, 1.807) is 27.9 Å². The van der Waals surface area contributed by atoms with Gasteiger partial charge in [0.2, 0.25) is 0 Å². The Bertz CT molecular complexity index is 4590. The van der Waals surface area contributed by atoms with Crippen LogP contribution in [0.15, 0.2) is 152 Å². The van der Waals surface area contributed by atoms with Crippen LogP contribution >= 0.6 is 0 Å². The van der Waals surface area contributed by atoms with Crippen molar-refractivity contribution < 1.29 is 43.9 Å². The SMILES string of the molecule is C#CC#CC#CC#CC#CC#CC#CC#CC#CC#CC#CC#CC#C.Cn1nncc1[C@H](O)[C@](C)(OCc1ccc(-c2ccccc2)cc1)C(=O)CO.Cn1nncc1[C@H](O)[C@](C)(OCc1ccc(-c2ccccc2)cc1)C(=O)N1C(=O)OC(C)(C)[C@@H]1c1ccccc1. The van der Waals surface area contributed by atoms with Crippen LogP contribution < -0.4 is 0 Å². The summed E-state index contributed by atoms with van der Waals surface area (Å²) in [7, 11) is 3.22. The van der Waals surface area contributed by atoms with Crippen LogP contribution in [0.1, 0.15) is 74.0 Å². The summed E-state index contributed by atoms with van der Waals surface area (Å²) in [4.78, 5) is 41.0. The number of hydrogen-bond acceptors (Lipinski definition) is 13. The van der Waals surface area contributed by atoms with Crippen molar-refractivity contribution in [2.24, 2.45) is 14.1 Å². The maximum absolute atomic E-state index is 14.3. The van der Waals surface area contributed by atoms with Gasteiger partial charge in [-0.3, -0.25) is 9.59 Å². The average molecular weight is 1240 g/mol. The molecule has 7 aromatic rings. The zero-order valence-electron chi connectivity index (χ0n) is 51.9. The normalized spacial score (nSPS) is 13.3. The fourth-order valence-corrected chi connectivity index (χ4v) is 8.76. The molecule has 0 unspecified atom stereocenters. The average Bonchev–Trinajstić information content (AvgIpc) is 1.56. The summed E-state index contributed by atoms with van der Waals surface area (Å²) < 4.78 is 20.5. The third-order valence-electron chi connectivity index (χ3n) is 13.7. The summed E-state index contributed by atoms with van der Waals surface area (Å²) in [6.07, 6.45) is 8.94. The minimum absolute atomic E-state index is 0.00192. The number of amides is 2. The quantitative estimate of drug-likeness (QED) is 0.0813. The lowest BCUT2D eigenvalue weighted by molar-refractivity contribution is -0.175. The van der Waals surface area contributed by atoms with Gasteiger partial charge in [0, 0.05) is 61.5 Å². The van der Waals surface area contributed by atoms with Gasteiger partial charge in [-0.05, 0) is 161 Å². The number of aliphatic hydroxyl groups is 3. The van der Waals surface area contributed by atoms with E-state index in [4.69, 9.17) is 27.1 Å². The lowest BCUT2D eigenvalue weighted by Gasteiger charge is -2.37. The van der Waals surface area contributed by atoms with Crippen molar-refractivity contribution in [2.75, 3.05) is 6.61 Å². The summed E-state index contributed by atoms with van der Waals surface area (Å²) in [6, 6.07) is 43.9. The van der Waals surface area contributed by atoms with Crippen LogP contribution in [-0.4, -0.2) is 91.4 Å². The second kappa shape index (κ2) is 35.9. The van der Waals surface area contributed by atoms with Crippen LogP contribution in [-0.2, 0) is 51.1 Å². The molecule has 3 N–H and O–H groups in total. The Labute approximate surface area is 547 Å². The molecule has 5 aromatic carbocycles. The van der Waals surface area contributed by atoms with Gasteiger partial charge in [-0.25, -0.2) is 19.1 Å². The highest BCUT2D eigenvalue weighted by Crippen LogP contribution is 2.44. The second-order valence-corrected chi connectivity index (χ2v) is 20.4. The van der Waals surface area contributed by atoms with Gasteiger partial charge < -0.3 is 29.5 Å². The molecular formula is C78H57N7O9. The lowest BCUT2D eigenvalue weighted by atomic mass is 9.88. The molecule has 0 aliphatic carbocycles. The molecule has 8 rings (SSSR count). The number of hydrogen-bond donors (Lipinski definition) is 3. The number of nitrogens with zero attached hydrogens (tertiary/aromatic N) is 7. The predicted molar refractivity (Wildman–Crippen MR) is 354 cm³/mol. The third-order valence-corrected chi connectivity index (χ3v) is 13.7. The van der Waals surface area contributed by atoms with E-state index in [1.165, 1.54) is 35.6 Å². The number of ketones is 1. The summed E-state index contributed by atoms with van der Waals surface area (Å²) in [5, 5.41) is 46.9. The number of aryl methyl sites for hydroxylation is 2. The molecule has 0 saturated carbocycles. The molecule has 2 amide bonds. The van der Waals surface area contributed by atoms with Crippen LogP contribution in [0, 0.1) is 155 Å². The van der Waals surface area contributed by atoms with Crippen molar-refractivity contribution in [2.45, 2.75) is 76.0 Å². The fraction of sp³-hybridized carbons (Fsp3) is 0.192. The Morgan fingerprint density at radius 2 is 0.840 bits per heavy atom. The van der Waals surface area contributed by atoms with Crippen LogP contribution in [0.3, 0.4) is 0 Å². The first-order valence-electron chi connectivity index (χ1n) is 28.3. The number of aliphatic hydroxyl groups excluding tert-OH is 3. The number of carbonyl (C=O) groups excluding carboxylic acids is 3. The van der Waals surface area contributed by atoms with Gasteiger partial charge in [-0.2, -0.15) is 0 Å². The highest BCUT2D eigenvalue weighted by molar-refractivity contribution is 5.99. The molecule has 0 bridgehead atoms. The molecule has 2 aromatic heterocycles. The van der Waals surface area contributed by atoms with E-state index in [0.717, 1.165) is 43.8 Å². The molecule has 1 aliphatic rings. The maximum atomic E-state index is 14.3. The van der Waals surface area contributed by atoms with E-state index >= 15 is 0 Å². The standard InChI is InChI=1S/C31H32N4O5.C26H2.C21H23N3O4/c1-30(2)26(24-13-9-6-10-14-24)35(29(38)40-30)28(37)31(3,27(36)25-19-32-33-34(25)4)39-20-21-15-17-23(18-16-21)22-11-7-5-8-12-22;1-3-5-7-9-11-13-15-17-19-21-23-25-26-24-22-20-18-16-14-12-10-8-6-4-2;1-21(19(26)13-25,20(27)18-12-22-23-24(18)2)28-14-15-8-10-17(11-9-15)16-6-4-3-5-7-16/h5-19,26-27,36H,20H2,1-4H3;1-2H;3-12,20,25,27H,13-14H2,1-2H3/t26-,27-,31-;;20-,21+/m0.0/s1. The Balaban J connectivity index is 0.000000232. The topological polar surface area (TPSA) is 204 Å². The number of ether oxygens (including phenoxy) is 3. The third kappa shape index (κ3) is 20.0. The zero-order valence-corrected chi connectivity index (χ0v) is 51.9. The van der Waals surface area contributed by atoms with Gasteiger partial charge >= 0.3 is 6.09 Å². The molecule has 0 radical (unpaired) electrons. The minimum atomic E-state index is -1.89. The van der Waals surface area contributed by atoms with E-state index in [-0.39, 0.29) is 18.9 Å². The van der Waals surface area contributed by atoms with Gasteiger partial charge in [0.15, 0.2) is 17.0 Å². The first-order valence-corrected chi connectivity index (χ1v) is 28.3. The van der Waals surface area contributed by atoms with E-state index in [2.05, 4.69) is 163 Å². The first kappa shape index (κ1) is 70.2. The molecule has 1 fully saturated rings. The number of cyclic esters (lactones) is 1. The van der Waals surface area contributed by atoms with Crippen LogP contribution in [0.5, 0.6) is 0 Å². The van der Waals surface area contributed by atoms with Gasteiger partial charge in [0.25, 0.3) is 5.91 Å². The van der Waals surface area contributed by atoms with Crippen LogP contribution in [0.4, 0.5) is 4.79 Å². The second-order valence-electron chi connectivity index (χ2n) is 20.4. The monoisotopic (exact) mass is 1240 g/mol. The van der Waals surface area contributed by atoms with Crippen molar-refractivity contribution in [3.63, 3.8) is 0 Å². The molecule has 16 nitrogen and oxygen atoms in total. The Hall–Kier alpha value is -12.9. The van der Waals surface area contributed by atoms with Crippen molar-refractivity contribution in [1.82, 2.24) is 34.9 Å². The predicted octanol–water partition coefficient (Wildman–Crippen LogP) is 7.33. The number of imide groups is 1. The fourth-order valence-electron chi connectivity index (χ4n) is 8.76. The number of benzene rings is 5. The van der Waals surface area contributed by atoms with Gasteiger partial charge in [-0.1, -0.05) is 150 Å². The van der Waals surface area contributed by atoms with Crippen molar-refractivity contribution >= 4 is 17.8 Å². The highest BCUT2D eigenvalue weighted by Gasteiger charge is 2.58. The number of terminal acetylenes is 2. The van der Waals surface area contributed by atoms with E-state index in [1.807, 2.05) is 140 Å². The maximum Gasteiger partial charge on any atom is 0.417 e. The van der Waals surface area contributed by atoms with E-state index in [9.17, 15) is 29.7 Å². The van der Waals surface area contributed by atoms with E-state index in [0.29, 0.717) is 5.69 Å². The van der Waals surface area contributed by atoms with Crippen LogP contribution in [0.25, 0.3) is 22.3 Å². The number of rotatable bonds is 16. The van der Waals surface area contributed by atoms with Crippen molar-refractivity contribution in [1.29, 1.82) is 0 Å². The molecule has 458 valence electrons. The molecule has 1 aliphatic heterocycles. The molecule has 94 heavy (non-hydrogen) atoms. The summed E-state index contributed by atoms with van der Waals surface area (Å²) in [5.74, 6) is 56.8. The van der Waals surface area contributed by atoms with Crippen molar-refractivity contribution in [3.05, 3.63) is 180 Å². The van der Waals surface area contributed by atoms with Crippen LogP contribution in [0.2, 0.25) is 0 Å². The zero-order chi connectivity index (χ0) is 67.6. The molecule has 16 heteroatoms. The van der Waals surface area contributed by atoms with Crippen molar-refractivity contribution in [3.8, 4) is 177 Å². The number of aromatic nitrogens is 6. The smallest absolute Gasteiger partial charge is 0.417 e.